The Morgan fingerprint density at radius 3 is 2.52 bits per heavy atom. The van der Waals surface area contributed by atoms with Crippen molar-refractivity contribution in [1.29, 1.82) is 0 Å². The van der Waals surface area contributed by atoms with E-state index in [4.69, 9.17) is 9.68 Å². The van der Waals surface area contributed by atoms with E-state index >= 15 is 0 Å². The van der Waals surface area contributed by atoms with Crippen LogP contribution in [0.5, 0.6) is 0 Å². The molecular weight excluding hydrogens is 350 g/mol. The highest BCUT2D eigenvalue weighted by atomic mass is 17.0. The van der Waals surface area contributed by atoms with E-state index in [-0.39, 0.29) is 31.0 Å². The molecule has 0 aliphatic heterocycles. The number of nitrogens with zero attached hydrogens (tertiary/aromatic N) is 4. The van der Waals surface area contributed by atoms with Crippen molar-refractivity contribution in [3.63, 3.8) is 0 Å². The van der Waals surface area contributed by atoms with Crippen LogP contribution in [0.3, 0.4) is 0 Å². The van der Waals surface area contributed by atoms with Crippen LogP contribution in [-0.2, 0) is 27.3 Å². The smallest absolute Gasteiger partial charge is 0.275 e. The Morgan fingerprint density at radius 1 is 1.15 bits per heavy atom. The molecule has 142 valence electrons. The first kappa shape index (κ1) is 18.7. The fraction of sp³-hybridized carbons (Fsp3) is 0.333. The highest BCUT2D eigenvalue weighted by Gasteiger charge is 2.18. The number of rotatable bonds is 8. The maximum absolute atomic E-state index is 12.3. The molecule has 0 spiro atoms. The van der Waals surface area contributed by atoms with Crippen molar-refractivity contribution in [2.24, 2.45) is 0 Å². The summed E-state index contributed by atoms with van der Waals surface area (Å²) in [6.07, 6.45) is 0.410. The minimum Gasteiger partial charge on any atom is -0.275 e. The van der Waals surface area contributed by atoms with Gasteiger partial charge in [0.1, 0.15) is 5.82 Å². The lowest BCUT2D eigenvalue weighted by atomic mass is 10.1. The fourth-order valence-electron chi connectivity index (χ4n) is 2.57. The molecule has 1 aromatic carbocycles. The Hall–Kier alpha value is -3.04. The second-order valence-electron chi connectivity index (χ2n) is 5.72. The lowest BCUT2D eigenvalue weighted by Gasteiger charge is -2.18. The van der Waals surface area contributed by atoms with Gasteiger partial charge in [0.05, 0.1) is 25.3 Å². The highest BCUT2D eigenvalue weighted by molar-refractivity contribution is 5.76. The zero-order valence-electron chi connectivity index (χ0n) is 15.2. The average molecular weight is 371 g/mol. The van der Waals surface area contributed by atoms with Crippen LogP contribution in [-0.4, -0.2) is 43.9 Å². The first-order valence-corrected chi connectivity index (χ1v) is 8.71. The third-order valence-electron chi connectivity index (χ3n) is 3.67. The molecule has 0 aliphatic carbocycles. The summed E-state index contributed by atoms with van der Waals surface area (Å²) in [7, 11) is 0. The second kappa shape index (κ2) is 8.56. The van der Waals surface area contributed by atoms with Crippen LogP contribution in [0.4, 0.5) is 0 Å². The monoisotopic (exact) mass is 371 g/mol. The van der Waals surface area contributed by atoms with Crippen LogP contribution in [0.15, 0.2) is 41.2 Å². The number of fused-ring (bicyclic) bond motifs is 1. The van der Waals surface area contributed by atoms with Gasteiger partial charge in [-0.25, -0.2) is 14.7 Å². The summed E-state index contributed by atoms with van der Waals surface area (Å²) < 4.78 is 1.26. The molecule has 0 fully saturated rings. The van der Waals surface area contributed by atoms with E-state index in [0.717, 1.165) is 10.8 Å². The first-order chi connectivity index (χ1) is 13.1. The molecule has 0 bridgehead atoms. The normalized spacial score (nSPS) is 11.0. The molecule has 0 unspecified atom stereocenters. The highest BCUT2D eigenvalue weighted by Crippen LogP contribution is 2.07. The van der Waals surface area contributed by atoms with Gasteiger partial charge in [-0.1, -0.05) is 35.6 Å². The maximum atomic E-state index is 12.3. The Morgan fingerprint density at radius 2 is 1.85 bits per heavy atom. The largest absolute Gasteiger partial charge is 0.279 e. The number of benzene rings is 1. The minimum absolute atomic E-state index is 0.132. The fourth-order valence-corrected chi connectivity index (χ4v) is 2.57. The number of aromatic nitrogens is 4. The van der Waals surface area contributed by atoms with Gasteiger partial charge in [0.25, 0.3) is 17.2 Å². The van der Waals surface area contributed by atoms with E-state index in [9.17, 15) is 9.59 Å². The van der Waals surface area contributed by atoms with Crippen LogP contribution in [0, 0.1) is 0 Å². The van der Waals surface area contributed by atoms with E-state index in [1.165, 1.54) is 10.6 Å². The van der Waals surface area contributed by atoms with Gasteiger partial charge in [0.2, 0.25) is 0 Å². The number of aromatic amines is 1. The van der Waals surface area contributed by atoms with Gasteiger partial charge in [-0.05, 0) is 19.4 Å². The molecule has 0 saturated heterocycles. The minimum atomic E-state index is -0.449. The summed E-state index contributed by atoms with van der Waals surface area (Å²) in [4.78, 5) is 43.6. The summed E-state index contributed by atoms with van der Waals surface area (Å²) in [6.45, 7) is 4.05. The Labute approximate surface area is 155 Å². The molecular formula is C18H21N5O4. The van der Waals surface area contributed by atoms with E-state index < -0.39 is 5.91 Å². The third kappa shape index (κ3) is 4.57. The number of H-pyrrole nitrogens is 1. The van der Waals surface area contributed by atoms with Crippen LogP contribution >= 0.6 is 0 Å². The summed E-state index contributed by atoms with van der Waals surface area (Å²) >= 11 is 0. The molecule has 1 amide bonds. The molecule has 0 aliphatic rings. The number of nitrogens with one attached hydrogen (secondary N) is 1. The van der Waals surface area contributed by atoms with Gasteiger partial charge in [-0.2, -0.15) is 9.50 Å². The molecule has 0 radical (unpaired) electrons. The number of carbonyl (C=O) groups is 1. The van der Waals surface area contributed by atoms with Crippen LogP contribution < -0.4 is 5.56 Å². The van der Waals surface area contributed by atoms with E-state index in [1.807, 2.05) is 30.3 Å². The van der Waals surface area contributed by atoms with Gasteiger partial charge in [-0.15, -0.1) is 0 Å². The van der Waals surface area contributed by atoms with Crippen molar-refractivity contribution >= 4 is 11.7 Å². The second-order valence-corrected chi connectivity index (χ2v) is 5.72. The Bertz CT molecular complexity index is 961. The van der Waals surface area contributed by atoms with Crippen molar-refractivity contribution in [2.45, 2.75) is 26.7 Å². The molecule has 9 heteroatoms. The summed E-state index contributed by atoms with van der Waals surface area (Å²) in [5.74, 6) is 0.380. The van der Waals surface area contributed by atoms with E-state index in [2.05, 4.69) is 15.1 Å². The summed E-state index contributed by atoms with van der Waals surface area (Å²) in [6, 6.07) is 11.1. The predicted molar refractivity (Wildman–Crippen MR) is 96.7 cm³/mol. The SMILES string of the molecule is CCON(OCC)C(=O)Cc1cc(=O)n2[nH]c(Cc3ccccc3)nc2n1. The molecule has 0 saturated carbocycles. The van der Waals surface area contributed by atoms with Crippen molar-refractivity contribution in [3.05, 3.63) is 63.8 Å². The van der Waals surface area contributed by atoms with Gasteiger partial charge >= 0.3 is 0 Å². The van der Waals surface area contributed by atoms with Crippen LogP contribution in [0.2, 0.25) is 0 Å². The quantitative estimate of drug-likeness (QED) is 0.599. The van der Waals surface area contributed by atoms with Gasteiger partial charge in [0, 0.05) is 12.5 Å². The standard InChI is InChI=1S/C18H21N5O4/c1-3-26-23(27-4-2)17(25)12-14-11-16(24)22-18(19-14)20-15(21-22)10-13-8-6-5-7-9-13/h5-9,11H,3-4,10,12H2,1-2H3,(H,19,20,21). The van der Waals surface area contributed by atoms with Gasteiger partial charge < -0.3 is 0 Å². The van der Waals surface area contributed by atoms with Gasteiger partial charge in [-0.3, -0.25) is 14.7 Å². The van der Waals surface area contributed by atoms with Crippen LogP contribution in [0.25, 0.3) is 5.78 Å². The molecule has 3 aromatic rings. The summed E-state index contributed by atoms with van der Waals surface area (Å²) in [5.41, 5.74) is 1.02. The zero-order chi connectivity index (χ0) is 19.2. The third-order valence-corrected chi connectivity index (χ3v) is 3.67. The van der Waals surface area contributed by atoms with Crippen molar-refractivity contribution in [1.82, 2.24) is 24.8 Å². The lowest BCUT2D eigenvalue weighted by molar-refractivity contribution is -0.338. The molecule has 0 atom stereocenters. The van der Waals surface area contributed by atoms with Crippen molar-refractivity contribution < 1.29 is 14.5 Å². The molecule has 9 nitrogen and oxygen atoms in total. The van der Waals surface area contributed by atoms with Crippen LogP contribution in [0.1, 0.15) is 30.9 Å². The first-order valence-electron chi connectivity index (χ1n) is 8.71. The number of hydroxylamine groups is 2. The Balaban J connectivity index is 1.81. The Kier molecular flexibility index (Phi) is 5.94. The number of amides is 1. The topological polar surface area (TPSA) is 102 Å². The number of hydrogen-bond acceptors (Lipinski definition) is 6. The van der Waals surface area contributed by atoms with Crippen molar-refractivity contribution in [2.75, 3.05) is 13.2 Å². The van der Waals surface area contributed by atoms with Gasteiger partial charge in [0.15, 0.2) is 0 Å². The lowest BCUT2D eigenvalue weighted by Crippen LogP contribution is -2.33. The van der Waals surface area contributed by atoms with E-state index in [1.54, 1.807) is 13.8 Å². The molecule has 2 heterocycles. The number of carbonyl (C=O) groups excluding carboxylic acids is 1. The number of hydrogen-bond donors (Lipinski definition) is 1. The molecule has 1 N–H and O–H groups in total. The average Bonchev–Trinajstić information content (AvgIpc) is 3.05. The molecule has 3 rings (SSSR count). The zero-order valence-corrected chi connectivity index (χ0v) is 15.2. The van der Waals surface area contributed by atoms with Crippen molar-refractivity contribution in [3.8, 4) is 0 Å². The van der Waals surface area contributed by atoms with E-state index in [0.29, 0.717) is 17.9 Å². The molecule has 2 aromatic heterocycles. The molecule has 27 heavy (non-hydrogen) atoms. The maximum Gasteiger partial charge on any atom is 0.279 e. The predicted octanol–water partition coefficient (Wildman–Crippen LogP) is 1.28. The summed E-state index contributed by atoms with van der Waals surface area (Å²) in [5, 5.41) is 3.77.